The maximum Gasteiger partial charge on any atom is 0.277 e. The van der Waals surface area contributed by atoms with Gasteiger partial charge in [0.2, 0.25) is 5.91 Å². The molecule has 0 spiro atoms. The van der Waals surface area contributed by atoms with E-state index in [1.54, 1.807) is 53.4 Å². The van der Waals surface area contributed by atoms with E-state index in [9.17, 15) is 14.4 Å². The molecule has 4 rings (SSSR count). The van der Waals surface area contributed by atoms with Crippen molar-refractivity contribution in [2.24, 2.45) is 5.73 Å². The lowest BCUT2D eigenvalue weighted by Gasteiger charge is -2.28. The summed E-state index contributed by atoms with van der Waals surface area (Å²) >= 11 is 11.6. The van der Waals surface area contributed by atoms with Gasteiger partial charge in [0.15, 0.2) is 5.69 Å². The molecule has 10 heteroatoms. The first kappa shape index (κ1) is 23.8. The Morgan fingerprint density at radius 2 is 1.71 bits per heavy atom. The first-order chi connectivity index (χ1) is 16.4. The summed E-state index contributed by atoms with van der Waals surface area (Å²) < 4.78 is 1.44. The average molecular weight is 500 g/mol. The van der Waals surface area contributed by atoms with Crippen LogP contribution in [-0.2, 0) is 11.2 Å². The molecule has 8 nitrogen and oxygen atoms in total. The summed E-state index contributed by atoms with van der Waals surface area (Å²) in [6, 6.07) is 13.9. The van der Waals surface area contributed by atoms with Gasteiger partial charge < -0.3 is 16.0 Å². The predicted octanol–water partition coefficient (Wildman–Crippen LogP) is 4.18. The second kappa shape index (κ2) is 10.3. The number of hydrogen-bond acceptors (Lipinski definition) is 4. The molecule has 3 N–H and O–H groups in total. The predicted molar refractivity (Wildman–Crippen MR) is 132 cm³/mol. The maximum atomic E-state index is 13.5. The zero-order chi connectivity index (χ0) is 24.2. The number of nitrogens with zero attached hydrogens (tertiary/aromatic N) is 3. The summed E-state index contributed by atoms with van der Waals surface area (Å²) in [5.41, 5.74) is 8.35. The smallest absolute Gasteiger partial charge is 0.277 e. The summed E-state index contributed by atoms with van der Waals surface area (Å²) in [4.78, 5) is 39.2. The van der Waals surface area contributed by atoms with Gasteiger partial charge in [0.25, 0.3) is 11.8 Å². The maximum absolute atomic E-state index is 13.5. The Balaban J connectivity index is 1.59. The van der Waals surface area contributed by atoms with Crippen molar-refractivity contribution in [2.45, 2.75) is 25.7 Å². The topological polar surface area (TPSA) is 110 Å². The largest absolute Gasteiger partial charge is 0.364 e. The van der Waals surface area contributed by atoms with Gasteiger partial charge in [-0.05, 0) is 67.8 Å². The Bertz CT molecular complexity index is 1220. The van der Waals surface area contributed by atoms with Crippen LogP contribution in [0.5, 0.6) is 0 Å². The third kappa shape index (κ3) is 4.93. The summed E-state index contributed by atoms with van der Waals surface area (Å²) in [6.45, 7) is 0.364. The highest BCUT2D eigenvalue weighted by molar-refractivity contribution is 6.30. The van der Waals surface area contributed by atoms with Gasteiger partial charge >= 0.3 is 0 Å². The molecule has 1 aliphatic rings. The van der Waals surface area contributed by atoms with E-state index in [1.807, 2.05) is 0 Å². The van der Waals surface area contributed by atoms with Gasteiger partial charge in [-0.3, -0.25) is 14.4 Å². The second-order valence-corrected chi connectivity index (χ2v) is 8.69. The standard InChI is InChI=1S/C24H23Cl2N5O3/c25-13-2-1-3-20(32)28-16-6-10-17(11-7-16)30-14-12-19-21(23(27)33)29-31(22(19)24(30)34)18-8-4-15(26)5-9-18/h4-11H,1-3,12-14H2,(H2,27,33)(H,28,32). The molecule has 2 aromatic carbocycles. The molecule has 3 aromatic rings. The quantitative estimate of drug-likeness (QED) is 0.357. The number of benzene rings is 2. The molecule has 3 amide bonds. The van der Waals surface area contributed by atoms with Crippen molar-refractivity contribution >= 4 is 52.3 Å². The summed E-state index contributed by atoms with van der Waals surface area (Å²) in [5.74, 6) is -0.529. The lowest BCUT2D eigenvalue weighted by molar-refractivity contribution is -0.116. The number of carbonyl (C=O) groups excluding carboxylic acids is 3. The van der Waals surface area contributed by atoms with Crippen molar-refractivity contribution in [3.63, 3.8) is 0 Å². The van der Waals surface area contributed by atoms with Gasteiger partial charge in [0.05, 0.1) is 5.69 Å². The number of carbonyl (C=O) groups is 3. The first-order valence-corrected chi connectivity index (χ1v) is 11.8. The molecule has 0 bridgehead atoms. The lowest BCUT2D eigenvalue weighted by Crippen LogP contribution is -2.39. The molecular weight excluding hydrogens is 477 g/mol. The second-order valence-electron chi connectivity index (χ2n) is 7.88. The molecule has 1 aliphatic heterocycles. The Morgan fingerprint density at radius 3 is 2.35 bits per heavy atom. The number of fused-ring (bicyclic) bond motifs is 1. The third-order valence-electron chi connectivity index (χ3n) is 5.57. The van der Waals surface area contributed by atoms with E-state index in [0.29, 0.717) is 58.6 Å². The molecule has 0 radical (unpaired) electrons. The fraction of sp³-hybridized carbons (Fsp3) is 0.250. The fourth-order valence-corrected chi connectivity index (χ4v) is 4.22. The van der Waals surface area contributed by atoms with Crippen LogP contribution in [-0.4, -0.2) is 39.9 Å². The third-order valence-corrected chi connectivity index (χ3v) is 6.09. The SMILES string of the molecule is NC(=O)c1nn(-c2ccc(Cl)cc2)c2c1CCN(c1ccc(NC(=O)CCCCCl)cc1)C2=O. The molecule has 0 atom stereocenters. The monoisotopic (exact) mass is 499 g/mol. The molecule has 0 saturated carbocycles. The molecule has 2 heterocycles. The highest BCUT2D eigenvalue weighted by atomic mass is 35.5. The van der Waals surface area contributed by atoms with Crippen molar-refractivity contribution in [3.8, 4) is 5.69 Å². The van der Waals surface area contributed by atoms with Gasteiger partial charge in [-0.1, -0.05) is 11.6 Å². The Hall–Kier alpha value is -3.36. The van der Waals surface area contributed by atoms with E-state index >= 15 is 0 Å². The van der Waals surface area contributed by atoms with Crippen LogP contribution in [0, 0.1) is 0 Å². The van der Waals surface area contributed by atoms with E-state index in [0.717, 1.165) is 12.8 Å². The number of unbranched alkanes of at least 4 members (excludes halogenated alkanes) is 1. The average Bonchev–Trinajstić information content (AvgIpc) is 3.22. The normalized spacial score (nSPS) is 13.0. The number of hydrogen-bond donors (Lipinski definition) is 2. The number of halogens is 2. The van der Waals surface area contributed by atoms with E-state index in [2.05, 4.69) is 10.4 Å². The zero-order valence-corrected chi connectivity index (χ0v) is 19.8. The number of aromatic nitrogens is 2. The highest BCUT2D eigenvalue weighted by Crippen LogP contribution is 2.29. The van der Waals surface area contributed by atoms with Gasteiger partial charge in [0.1, 0.15) is 5.69 Å². The molecule has 0 unspecified atom stereocenters. The molecule has 34 heavy (non-hydrogen) atoms. The zero-order valence-electron chi connectivity index (χ0n) is 18.3. The van der Waals surface area contributed by atoms with Crippen molar-refractivity contribution < 1.29 is 14.4 Å². The van der Waals surface area contributed by atoms with Gasteiger partial charge in [0, 0.05) is 40.8 Å². The molecule has 1 aromatic heterocycles. The van der Waals surface area contributed by atoms with E-state index in [-0.39, 0.29) is 17.5 Å². The van der Waals surface area contributed by atoms with Crippen LogP contribution in [0.1, 0.15) is 45.8 Å². The van der Waals surface area contributed by atoms with Crippen molar-refractivity contribution in [3.05, 3.63) is 70.5 Å². The summed E-state index contributed by atoms with van der Waals surface area (Å²) in [6.07, 6.45) is 2.34. The Kier molecular flexibility index (Phi) is 7.19. The summed E-state index contributed by atoms with van der Waals surface area (Å²) in [5, 5.41) is 7.73. The number of primary amides is 1. The van der Waals surface area contributed by atoms with Crippen LogP contribution >= 0.6 is 23.2 Å². The molecule has 0 aliphatic carbocycles. The van der Waals surface area contributed by atoms with Crippen molar-refractivity contribution in [1.29, 1.82) is 0 Å². The van der Waals surface area contributed by atoms with E-state index in [1.165, 1.54) is 4.68 Å². The Labute approximate surface area is 206 Å². The Morgan fingerprint density at radius 1 is 1.03 bits per heavy atom. The summed E-state index contributed by atoms with van der Waals surface area (Å²) in [7, 11) is 0. The van der Waals surface area contributed by atoms with Crippen LogP contribution in [0.15, 0.2) is 48.5 Å². The minimum Gasteiger partial charge on any atom is -0.364 e. The van der Waals surface area contributed by atoms with Gasteiger partial charge in [-0.25, -0.2) is 4.68 Å². The first-order valence-electron chi connectivity index (χ1n) is 10.8. The van der Waals surface area contributed by atoms with Crippen molar-refractivity contribution in [2.75, 3.05) is 22.6 Å². The van der Waals surface area contributed by atoms with Crippen LogP contribution in [0.25, 0.3) is 5.69 Å². The number of rotatable bonds is 8. The number of amides is 3. The number of alkyl halides is 1. The van der Waals surface area contributed by atoms with Crippen molar-refractivity contribution in [1.82, 2.24) is 9.78 Å². The molecule has 176 valence electrons. The van der Waals surface area contributed by atoms with Gasteiger partial charge in [-0.15, -0.1) is 11.6 Å². The fourth-order valence-electron chi connectivity index (χ4n) is 3.90. The number of nitrogens with one attached hydrogen (secondary N) is 1. The van der Waals surface area contributed by atoms with Crippen LogP contribution in [0.3, 0.4) is 0 Å². The van der Waals surface area contributed by atoms with E-state index in [4.69, 9.17) is 28.9 Å². The number of nitrogens with two attached hydrogens (primary N) is 1. The van der Waals surface area contributed by atoms with Crippen LogP contribution in [0.4, 0.5) is 11.4 Å². The molecular formula is C24H23Cl2N5O3. The molecule has 0 fully saturated rings. The van der Waals surface area contributed by atoms with E-state index < -0.39 is 5.91 Å². The number of anilines is 2. The lowest BCUT2D eigenvalue weighted by atomic mass is 10.0. The van der Waals surface area contributed by atoms with Gasteiger partial charge in [-0.2, -0.15) is 5.10 Å². The minimum absolute atomic E-state index is 0.0811. The molecule has 0 saturated heterocycles. The minimum atomic E-state index is -0.684. The van der Waals surface area contributed by atoms with Crippen LogP contribution < -0.4 is 16.0 Å². The van der Waals surface area contributed by atoms with Crippen LogP contribution in [0.2, 0.25) is 5.02 Å². The highest BCUT2D eigenvalue weighted by Gasteiger charge is 2.34.